The number of rotatable bonds is 4. The van der Waals surface area contributed by atoms with Gasteiger partial charge in [-0.25, -0.2) is 4.79 Å². The molecule has 17 heavy (non-hydrogen) atoms. The van der Waals surface area contributed by atoms with Crippen molar-refractivity contribution in [2.24, 2.45) is 0 Å². The van der Waals surface area contributed by atoms with Crippen LogP contribution in [0.5, 0.6) is 0 Å². The predicted octanol–water partition coefficient (Wildman–Crippen LogP) is 3.36. The zero-order chi connectivity index (χ0) is 12.5. The summed E-state index contributed by atoms with van der Waals surface area (Å²) in [4.78, 5) is 11.2. The van der Waals surface area contributed by atoms with Crippen LogP contribution < -0.4 is 0 Å². The Hall–Kier alpha value is -2.05. The first-order chi connectivity index (χ1) is 8.24. The van der Waals surface area contributed by atoms with Crippen molar-refractivity contribution >= 4 is 12.0 Å². The summed E-state index contributed by atoms with van der Waals surface area (Å²) in [7, 11) is 0. The Labute approximate surface area is 102 Å². The second-order valence-electron chi connectivity index (χ2n) is 3.43. The fraction of sp³-hybridized carbons (Fsp3) is 0.200. The summed E-state index contributed by atoms with van der Waals surface area (Å²) in [6, 6.07) is 9.93. The third-order valence-electron chi connectivity index (χ3n) is 2.07. The summed E-state index contributed by atoms with van der Waals surface area (Å²) in [6.45, 7) is 3.85. The Morgan fingerprint density at radius 3 is 2.71 bits per heavy atom. The number of hydrogen-bond acceptors (Lipinski definition) is 2. The molecule has 0 saturated carbocycles. The third-order valence-corrected chi connectivity index (χ3v) is 2.07. The molecular formula is C15H16O2. The Kier molecular flexibility index (Phi) is 5.56. The second-order valence-corrected chi connectivity index (χ2v) is 3.43. The molecule has 0 fully saturated rings. The first kappa shape index (κ1) is 13.0. The zero-order valence-electron chi connectivity index (χ0n) is 10.1. The van der Waals surface area contributed by atoms with Gasteiger partial charge in [-0.2, -0.15) is 0 Å². The quantitative estimate of drug-likeness (QED) is 0.342. The summed E-state index contributed by atoms with van der Waals surface area (Å²) in [5, 5.41) is 0. The lowest BCUT2D eigenvalue weighted by Gasteiger charge is -1.97. The molecule has 0 aliphatic heterocycles. The topological polar surface area (TPSA) is 26.3 Å². The molecule has 1 aromatic carbocycles. The summed E-state index contributed by atoms with van der Waals surface area (Å²) >= 11 is 0. The van der Waals surface area contributed by atoms with E-state index in [1.165, 1.54) is 0 Å². The van der Waals surface area contributed by atoms with Crippen LogP contribution in [0.4, 0.5) is 0 Å². The minimum Gasteiger partial charge on any atom is -0.462 e. The summed E-state index contributed by atoms with van der Waals surface area (Å²) in [5.41, 5.74) is 4.45. The molecule has 0 N–H and O–H groups in total. The van der Waals surface area contributed by atoms with Gasteiger partial charge in [0.25, 0.3) is 0 Å². The highest BCUT2D eigenvalue weighted by Gasteiger charge is 2.01. The fourth-order valence-corrected chi connectivity index (χ4v) is 1.19. The lowest BCUT2D eigenvalue weighted by Crippen LogP contribution is -2.03. The molecule has 2 nitrogen and oxygen atoms in total. The molecule has 2 heteroatoms. The molecule has 0 amide bonds. The van der Waals surface area contributed by atoms with Crippen molar-refractivity contribution in [1.29, 1.82) is 0 Å². The van der Waals surface area contributed by atoms with Crippen molar-refractivity contribution in [3.63, 3.8) is 0 Å². The summed E-state index contributed by atoms with van der Waals surface area (Å²) in [5.74, 6) is -0.322. The van der Waals surface area contributed by atoms with Crippen LogP contribution in [0.3, 0.4) is 0 Å². The lowest BCUT2D eigenvalue weighted by molar-refractivity contribution is -0.138. The third kappa shape index (κ3) is 5.01. The highest BCUT2D eigenvalue weighted by atomic mass is 16.5. The summed E-state index contributed by atoms with van der Waals surface area (Å²) < 4.78 is 4.84. The highest BCUT2D eigenvalue weighted by Crippen LogP contribution is 2.01. The van der Waals surface area contributed by atoms with Crippen molar-refractivity contribution in [1.82, 2.24) is 0 Å². The Bertz CT molecular complexity index is 449. The number of carbonyl (C=O) groups is 1. The number of ether oxygens (including phenoxy) is 1. The second kappa shape index (κ2) is 7.26. The van der Waals surface area contributed by atoms with Crippen LogP contribution in [0.25, 0.3) is 6.08 Å². The van der Waals surface area contributed by atoms with Gasteiger partial charge in [0, 0.05) is 0 Å². The van der Waals surface area contributed by atoms with Gasteiger partial charge in [-0.15, -0.1) is 5.73 Å². The number of carbonyl (C=O) groups excluding carboxylic acids is 1. The Balaban J connectivity index is 2.63. The van der Waals surface area contributed by atoms with Crippen molar-refractivity contribution in [2.45, 2.75) is 13.8 Å². The van der Waals surface area contributed by atoms with Crippen LogP contribution in [0.15, 0.2) is 53.8 Å². The van der Waals surface area contributed by atoms with Gasteiger partial charge in [-0.05, 0) is 25.5 Å². The highest BCUT2D eigenvalue weighted by molar-refractivity contribution is 5.87. The van der Waals surface area contributed by atoms with E-state index < -0.39 is 0 Å². The largest absolute Gasteiger partial charge is 0.462 e. The van der Waals surface area contributed by atoms with Crippen LogP contribution in [0.2, 0.25) is 0 Å². The van der Waals surface area contributed by atoms with Crippen molar-refractivity contribution in [3.05, 3.63) is 59.4 Å². The molecule has 0 heterocycles. The minimum absolute atomic E-state index is 0.322. The van der Waals surface area contributed by atoms with E-state index in [4.69, 9.17) is 4.74 Å². The first-order valence-electron chi connectivity index (χ1n) is 5.56. The van der Waals surface area contributed by atoms with Crippen LogP contribution >= 0.6 is 0 Å². The smallest absolute Gasteiger partial charge is 0.341 e. The van der Waals surface area contributed by atoms with E-state index in [2.05, 4.69) is 5.73 Å². The minimum atomic E-state index is -0.322. The Morgan fingerprint density at radius 1 is 1.35 bits per heavy atom. The maximum absolute atomic E-state index is 11.2. The Morgan fingerprint density at radius 2 is 2.06 bits per heavy atom. The van der Waals surface area contributed by atoms with E-state index in [9.17, 15) is 4.79 Å². The SMILES string of the molecule is CCOC(=O)C(C)=C=CC=Cc1ccccc1. The molecule has 0 saturated heterocycles. The van der Waals surface area contributed by atoms with Crippen LogP contribution in [0, 0.1) is 0 Å². The van der Waals surface area contributed by atoms with E-state index in [1.807, 2.05) is 42.5 Å². The summed E-state index contributed by atoms with van der Waals surface area (Å²) in [6.07, 6.45) is 5.50. The average Bonchev–Trinajstić information content (AvgIpc) is 2.36. The molecule has 1 aromatic rings. The van der Waals surface area contributed by atoms with Crippen LogP contribution in [-0.2, 0) is 9.53 Å². The van der Waals surface area contributed by atoms with Gasteiger partial charge in [-0.3, -0.25) is 0 Å². The monoisotopic (exact) mass is 228 g/mol. The van der Waals surface area contributed by atoms with Crippen molar-refractivity contribution in [3.8, 4) is 0 Å². The van der Waals surface area contributed by atoms with Gasteiger partial charge in [0.05, 0.1) is 12.2 Å². The molecule has 0 radical (unpaired) electrons. The molecular weight excluding hydrogens is 212 g/mol. The maximum Gasteiger partial charge on any atom is 0.341 e. The van der Waals surface area contributed by atoms with E-state index in [0.717, 1.165) is 5.56 Å². The normalized spacial score (nSPS) is 9.76. The molecule has 1 rings (SSSR count). The predicted molar refractivity (Wildman–Crippen MR) is 69.4 cm³/mol. The molecule has 0 atom stereocenters. The zero-order valence-corrected chi connectivity index (χ0v) is 10.1. The van der Waals surface area contributed by atoms with Crippen molar-refractivity contribution < 1.29 is 9.53 Å². The molecule has 0 aromatic heterocycles. The molecule has 0 aliphatic rings. The van der Waals surface area contributed by atoms with Gasteiger partial charge >= 0.3 is 5.97 Å². The van der Waals surface area contributed by atoms with Gasteiger partial charge < -0.3 is 4.74 Å². The van der Waals surface area contributed by atoms with Gasteiger partial charge in [0.1, 0.15) is 0 Å². The van der Waals surface area contributed by atoms with E-state index in [0.29, 0.717) is 12.2 Å². The number of hydrogen-bond donors (Lipinski definition) is 0. The van der Waals surface area contributed by atoms with E-state index in [-0.39, 0.29) is 5.97 Å². The first-order valence-corrected chi connectivity index (χ1v) is 5.56. The van der Waals surface area contributed by atoms with Crippen LogP contribution in [-0.4, -0.2) is 12.6 Å². The number of allylic oxidation sites excluding steroid dienone is 1. The van der Waals surface area contributed by atoms with Crippen molar-refractivity contribution in [2.75, 3.05) is 6.61 Å². The standard InChI is InChI=1S/C15H16O2/c1-3-17-15(16)13(2)9-7-8-12-14-10-5-4-6-11-14/h4-8,10-12H,3H2,1-2H3. The number of esters is 1. The molecule has 0 spiro atoms. The van der Waals surface area contributed by atoms with Gasteiger partial charge in [-0.1, -0.05) is 42.5 Å². The average molecular weight is 228 g/mol. The molecule has 88 valence electrons. The van der Waals surface area contributed by atoms with Gasteiger partial charge in [0.2, 0.25) is 0 Å². The fourth-order valence-electron chi connectivity index (χ4n) is 1.19. The number of benzene rings is 1. The maximum atomic E-state index is 11.2. The molecule has 0 aliphatic carbocycles. The molecule has 0 unspecified atom stereocenters. The van der Waals surface area contributed by atoms with Gasteiger partial charge in [0.15, 0.2) is 0 Å². The lowest BCUT2D eigenvalue weighted by atomic mass is 10.2. The molecule has 0 bridgehead atoms. The van der Waals surface area contributed by atoms with E-state index >= 15 is 0 Å². The van der Waals surface area contributed by atoms with Crippen LogP contribution in [0.1, 0.15) is 19.4 Å². The van der Waals surface area contributed by atoms with E-state index in [1.54, 1.807) is 19.9 Å².